The maximum atomic E-state index is 12.7. The van der Waals surface area contributed by atoms with Gasteiger partial charge in [0.05, 0.1) is 10.4 Å². The second kappa shape index (κ2) is 5.56. The van der Waals surface area contributed by atoms with Crippen molar-refractivity contribution in [1.29, 1.82) is 0 Å². The summed E-state index contributed by atoms with van der Waals surface area (Å²) in [5.41, 5.74) is -0.201. The predicted molar refractivity (Wildman–Crippen MR) is 73.3 cm³/mol. The van der Waals surface area contributed by atoms with E-state index in [0.717, 1.165) is 25.0 Å². The summed E-state index contributed by atoms with van der Waals surface area (Å²) in [6.45, 7) is 0. The zero-order chi connectivity index (χ0) is 14.2. The first-order valence-electron chi connectivity index (χ1n) is 5.82. The number of carbonyl (C=O) groups excluding carboxylic acids is 1. The summed E-state index contributed by atoms with van der Waals surface area (Å²) in [5, 5.41) is 0. The molecule has 6 heteroatoms. The molecule has 1 aromatic carbocycles. The van der Waals surface area contributed by atoms with Crippen LogP contribution in [0.25, 0.3) is 0 Å². The zero-order valence-electron chi connectivity index (χ0n) is 9.81. The summed E-state index contributed by atoms with van der Waals surface area (Å²) in [6, 6.07) is 3.75. The first-order chi connectivity index (χ1) is 8.77. The van der Waals surface area contributed by atoms with Gasteiger partial charge >= 0.3 is 6.18 Å². The lowest BCUT2D eigenvalue weighted by Gasteiger charge is -2.12. The number of halogens is 5. The molecule has 0 N–H and O–H groups in total. The molecule has 2 rings (SSSR count). The number of hydrogen-bond acceptors (Lipinski definition) is 1. The van der Waals surface area contributed by atoms with Crippen molar-refractivity contribution < 1.29 is 18.0 Å². The van der Waals surface area contributed by atoms with Crippen molar-refractivity contribution in [1.82, 2.24) is 0 Å². The lowest BCUT2D eigenvalue weighted by atomic mass is 10.0. The van der Waals surface area contributed by atoms with Crippen molar-refractivity contribution in [2.45, 2.75) is 30.3 Å². The molecule has 1 unspecified atom stereocenters. The Morgan fingerprint density at radius 1 is 1.32 bits per heavy atom. The Kier molecular flexibility index (Phi) is 4.40. The minimum atomic E-state index is -4.37. The van der Waals surface area contributed by atoms with E-state index < -0.39 is 16.6 Å². The number of ketones is 1. The van der Waals surface area contributed by atoms with Crippen molar-refractivity contribution in [3.63, 3.8) is 0 Å². The second-order valence-corrected chi connectivity index (χ2v) is 6.72. The largest absolute Gasteiger partial charge is 0.416 e. The molecular formula is C13H11Br2F3O. The molecule has 0 aromatic heterocycles. The van der Waals surface area contributed by atoms with Gasteiger partial charge in [-0.15, -0.1) is 0 Å². The number of alkyl halides is 4. The minimum Gasteiger partial charge on any atom is -0.298 e. The molecule has 0 bridgehead atoms. The normalized spacial score (nSPS) is 17.3. The van der Waals surface area contributed by atoms with Gasteiger partial charge in [0.2, 0.25) is 0 Å². The lowest BCUT2D eigenvalue weighted by Crippen LogP contribution is -2.18. The number of benzene rings is 1. The van der Waals surface area contributed by atoms with Crippen LogP contribution in [0.5, 0.6) is 0 Å². The molecule has 19 heavy (non-hydrogen) atoms. The van der Waals surface area contributed by atoms with Gasteiger partial charge in [0, 0.05) is 10.4 Å². The van der Waals surface area contributed by atoms with E-state index in [1.165, 1.54) is 0 Å². The molecule has 0 heterocycles. The summed E-state index contributed by atoms with van der Waals surface area (Å²) in [5.74, 6) is 0.187. The molecule has 1 aliphatic carbocycles. The van der Waals surface area contributed by atoms with Gasteiger partial charge in [-0.25, -0.2) is 0 Å². The zero-order valence-corrected chi connectivity index (χ0v) is 13.0. The topological polar surface area (TPSA) is 17.1 Å². The summed E-state index contributed by atoms with van der Waals surface area (Å²) in [6.07, 6.45) is -2.31. The Labute approximate surface area is 125 Å². The van der Waals surface area contributed by atoms with Crippen LogP contribution in [-0.2, 0) is 17.4 Å². The molecule has 1 saturated carbocycles. The number of hydrogen-bond donors (Lipinski definition) is 0. The monoisotopic (exact) mass is 398 g/mol. The predicted octanol–water partition coefficient (Wildman–Crippen LogP) is 4.75. The molecule has 0 saturated heterocycles. The van der Waals surface area contributed by atoms with Crippen molar-refractivity contribution in [2.24, 2.45) is 5.92 Å². The van der Waals surface area contributed by atoms with Crippen LogP contribution in [0.1, 0.15) is 24.0 Å². The fraction of sp³-hybridized carbons (Fsp3) is 0.462. The average Bonchev–Trinajstić information content (AvgIpc) is 3.09. The Balaban J connectivity index is 2.15. The summed E-state index contributed by atoms with van der Waals surface area (Å²) >= 11 is 6.35. The van der Waals surface area contributed by atoms with Crippen LogP contribution in [0.2, 0.25) is 0 Å². The van der Waals surface area contributed by atoms with Gasteiger partial charge in [-0.05, 0) is 43.0 Å². The van der Waals surface area contributed by atoms with Crippen molar-refractivity contribution in [2.75, 3.05) is 0 Å². The fourth-order valence-electron chi connectivity index (χ4n) is 1.86. The molecule has 0 aliphatic heterocycles. The van der Waals surface area contributed by atoms with Crippen LogP contribution >= 0.6 is 31.9 Å². The highest BCUT2D eigenvalue weighted by Gasteiger charge is 2.34. The third kappa shape index (κ3) is 4.05. The van der Waals surface area contributed by atoms with Gasteiger partial charge in [0.25, 0.3) is 0 Å². The Hall–Kier alpha value is -0.360. The van der Waals surface area contributed by atoms with Crippen LogP contribution < -0.4 is 0 Å². The molecule has 0 amide bonds. The Morgan fingerprint density at radius 2 is 1.95 bits per heavy atom. The Morgan fingerprint density at radius 3 is 2.47 bits per heavy atom. The van der Waals surface area contributed by atoms with Crippen LogP contribution in [0.15, 0.2) is 22.7 Å². The van der Waals surface area contributed by atoms with Gasteiger partial charge in [0.1, 0.15) is 5.78 Å². The quantitative estimate of drug-likeness (QED) is 0.667. The van der Waals surface area contributed by atoms with E-state index in [1.807, 2.05) is 0 Å². The first kappa shape index (κ1) is 15.0. The summed E-state index contributed by atoms with van der Waals surface area (Å²) in [7, 11) is 0. The molecule has 1 fully saturated rings. The van der Waals surface area contributed by atoms with Crippen LogP contribution in [0, 0.1) is 5.92 Å². The van der Waals surface area contributed by atoms with Crippen molar-refractivity contribution >= 4 is 37.6 Å². The van der Waals surface area contributed by atoms with E-state index in [9.17, 15) is 18.0 Å². The molecule has 1 nitrogen and oxygen atoms in total. The van der Waals surface area contributed by atoms with Gasteiger partial charge in [-0.3, -0.25) is 4.79 Å². The summed E-state index contributed by atoms with van der Waals surface area (Å²) in [4.78, 5) is 11.4. The van der Waals surface area contributed by atoms with Gasteiger partial charge < -0.3 is 0 Å². The Bertz CT molecular complexity index is 495. The highest BCUT2D eigenvalue weighted by molar-refractivity contribution is 9.10. The number of rotatable bonds is 4. The highest BCUT2D eigenvalue weighted by Crippen LogP contribution is 2.35. The van der Waals surface area contributed by atoms with E-state index >= 15 is 0 Å². The van der Waals surface area contributed by atoms with E-state index in [4.69, 9.17) is 0 Å². The number of Topliss-reactive ketones (excluding diaryl/α,β-unsaturated/α-hetero) is 1. The first-order valence-corrected chi connectivity index (χ1v) is 7.52. The molecule has 1 aliphatic rings. The number of carbonyl (C=O) groups is 1. The van der Waals surface area contributed by atoms with Crippen LogP contribution in [0.3, 0.4) is 0 Å². The maximum absolute atomic E-state index is 12.7. The molecule has 1 aromatic rings. The molecular weight excluding hydrogens is 389 g/mol. The van der Waals surface area contributed by atoms with Crippen molar-refractivity contribution in [3.8, 4) is 0 Å². The van der Waals surface area contributed by atoms with Gasteiger partial charge in [0.15, 0.2) is 0 Å². The highest BCUT2D eigenvalue weighted by atomic mass is 79.9. The van der Waals surface area contributed by atoms with E-state index in [1.54, 1.807) is 6.07 Å². The SMILES string of the molecule is O=C(C(Br)Cc1cc(Br)cc(C(F)(F)F)c1)C1CC1. The standard InChI is InChI=1S/C13H11Br2F3O/c14-10-4-7(3-9(6-10)13(16,17)18)5-11(15)12(19)8-1-2-8/h3-4,6,8,11H,1-2,5H2. The summed E-state index contributed by atoms with van der Waals surface area (Å²) < 4.78 is 38.4. The maximum Gasteiger partial charge on any atom is 0.416 e. The molecule has 1 atom stereocenters. The minimum absolute atomic E-state index is 0.0912. The molecule has 0 radical (unpaired) electrons. The van der Waals surface area contributed by atoms with Gasteiger partial charge in [-0.1, -0.05) is 31.9 Å². The third-order valence-electron chi connectivity index (χ3n) is 2.99. The van der Waals surface area contributed by atoms with Crippen LogP contribution in [-0.4, -0.2) is 10.6 Å². The van der Waals surface area contributed by atoms with E-state index in [-0.39, 0.29) is 18.1 Å². The smallest absolute Gasteiger partial charge is 0.298 e. The fourth-order valence-corrected chi connectivity index (χ4v) is 3.15. The van der Waals surface area contributed by atoms with E-state index in [0.29, 0.717) is 10.0 Å². The second-order valence-electron chi connectivity index (χ2n) is 4.69. The molecule has 104 valence electrons. The third-order valence-corrected chi connectivity index (χ3v) is 4.22. The molecule has 0 spiro atoms. The van der Waals surface area contributed by atoms with Gasteiger partial charge in [-0.2, -0.15) is 13.2 Å². The van der Waals surface area contributed by atoms with Crippen LogP contribution in [0.4, 0.5) is 13.2 Å². The van der Waals surface area contributed by atoms with Crippen molar-refractivity contribution in [3.05, 3.63) is 33.8 Å². The van der Waals surface area contributed by atoms with E-state index in [2.05, 4.69) is 31.9 Å². The lowest BCUT2D eigenvalue weighted by molar-refractivity contribution is -0.137. The average molecular weight is 400 g/mol.